The van der Waals surface area contributed by atoms with Gasteiger partial charge in [0.2, 0.25) is 0 Å². The second-order valence-electron chi connectivity index (χ2n) is 5.52. The molecule has 0 spiro atoms. The van der Waals surface area contributed by atoms with Crippen LogP contribution in [0.2, 0.25) is 0 Å². The van der Waals surface area contributed by atoms with Crippen LogP contribution >= 0.6 is 11.3 Å². The maximum Gasteiger partial charge on any atom is 0.322 e. The molecule has 1 atom stereocenters. The zero-order chi connectivity index (χ0) is 16.5. The summed E-state index contributed by atoms with van der Waals surface area (Å²) in [6.07, 6.45) is 1.58. The van der Waals surface area contributed by atoms with Crippen molar-refractivity contribution in [3.63, 3.8) is 0 Å². The normalized spacial score (nSPS) is 18.0. The maximum absolute atomic E-state index is 12.5. The molecule has 3 aromatic rings. The molecule has 2 amide bonds. The number of amides is 2. The second kappa shape index (κ2) is 6.21. The van der Waals surface area contributed by atoms with Crippen molar-refractivity contribution in [3.8, 4) is 0 Å². The average molecular weight is 344 g/mol. The highest BCUT2D eigenvalue weighted by Gasteiger charge is 2.27. The molecule has 8 heteroatoms. The lowest BCUT2D eigenvalue weighted by Crippen LogP contribution is -2.44. The monoisotopic (exact) mass is 344 g/mol. The van der Waals surface area contributed by atoms with Gasteiger partial charge in [0.05, 0.1) is 13.2 Å². The van der Waals surface area contributed by atoms with Crippen LogP contribution in [0.25, 0.3) is 11.1 Å². The number of nitrogens with one attached hydrogen (secondary N) is 1. The van der Waals surface area contributed by atoms with Gasteiger partial charge in [-0.15, -0.1) is 11.3 Å². The lowest BCUT2D eigenvalue weighted by molar-refractivity contribution is -0.0135. The summed E-state index contributed by atoms with van der Waals surface area (Å²) < 4.78 is 11.2. The molecule has 1 aliphatic heterocycles. The van der Waals surface area contributed by atoms with Crippen molar-refractivity contribution in [2.24, 2.45) is 0 Å². The second-order valence-corrected chi connectivity index (χ2v) is 6.45. The molecular weight excluding hydrogens is 328 g/mol. The van der Waals surface area contributed by atoms with Crippen LogP contribution in [0.4, 0.5) is 10.5 Å². The Morgan fingerprint density at radius 3 is 3.21 bits per heavy atom. The number of fused-ring (bicyclic) bond motifs is 1. The van der Waals surface area contributed by atoms with Gasteiger partial charge in [-0.2, -0.15) is 0 Å². The molecule has 3 heterocycles. The van der Waals surface area contributed by atoms with E-state index in [-0.39, 0.29) is 12.1 Å². The number of anilines is 1. The Morgan fingerprint density at radius 1 is 1.46 bits per heavy atom. The first kappa shape index (κ1) is 15.1. The van der Waals surface area contributed by atoms with Crippen LogP contribution in [0.1, 0.15) is 17.0 Å². The first-order valence-corrected chi connectivity index (χ1v) is 8.51. The summed E-state index contributed by atoms with van der Waals surface area (Å²) in [5, 5.41) is 5.71. The molecule has 1 saturated heterocycles. The Morgan fingerprint density at radius 2 is 2.38 bits per heavy atom. The number of thiazole rings is 1. The Hall–Kier alpha value is -2.45. The number of rotatable bonds is 2. The van der Waals surface area contributed by atoms with Gasteiger partial charge in [0.25, 0.3) is 0 Å². The zero-order valence-corrected chi connectivity index (χ0v) is 13.9. The molecule has 1 fully saturated rings. The number of morpholine rings is 1. The summed E-state index contributed by atoms with van der Waals surface area (Å²) in [5.41, 5.74) is 2.12. The molecule has 124 valence electrons. The van der Waals surface area contributed by atoms with Gasteiger partial charge >= 0.3 is 6.03 Å². The number of nitrogens with zero attached hydrogens (tertiary/aromatic N) is 3. The predicted molar refractivity (Wildman–Crippen MR) is 90.1 cm³/mol. The van der Waals surface area contributed by atoms with Crippen LogP contribution in [0.15, 0.2) is 34.2 Å². The summed E-state index contributed by atoms with van der Waals surface area (Å²) in [6, 6.07) is 5.28. The van der Waals surface area contributed by atoms with Crippen molar-refractivity contribution in [3.05, 3.63) is 40.7 Å². The Labute approximate surface area is 142 Å². The third-order valence-corrected chi connectivity index (χ3v) is 4.69. The van der Waals surface area contributed by atoms with Crippen molar-refractivity contribution in [1.29, 1.82) is 0 Å². The largest absolute Gasteiger partial charge is 0.441 e. The number of aryl methyl sites for hydroxylation is 1. The van der Waals surface area contributed by atoms with Gasteiger partial charge in [-0.1, -0.05) is 0 Å². The fourth-order valence-electron chi connectivity index (χ4n) is 2.70. The fourth-order valence-corrected chi connectivity index (χ4v) is 3.37. The smallest absolute Gasteiger partial charge is 0.322 e. The van der Waals surface area contributed by atoms with Crippen LogP contribution in [0.5, 0.6) is 0 Å². The first-order chi connectivity index (χ1) is 11.7. The highest BCUT2D eigenvalue weighted by molar-refractivity contribution is 7.09. The van der Waals surface area contributed by atoms with Gasteiger partial charge in [0, 0.05) is 36.8 Å². The number of oxazole rings is 1. The summed E-state index contributed by atoms with van der Waals surface area (Å²) in [4.78, 5) is 22.8. The molecule has 1 N–H and O–H groups in total. The van der Waals surface area contributed by atoms with E-state index in [1.54, 1.807) is 24.1 Å². The van der Waals surface area contributed by atoms with E-state index in [1.165, 1.54) is 11.3 Å². The minimum Gasteiger partial charge on any atom is -0.441 e. The fraction of sp³-hybridized carbons (Fsp3) is 0.312. The standard InChI is InChI=1S/C16H16N4O3S/c1-10-18-12-3-2-11(8-13(12)23-10)19-16(21)20-5-6-22-14(9-20)15-17-4-7-24-15/h2-4,7-8,14H,5-6,9H2,1H3,(H,19,21)/t14-/m1/s1. The zero-order valence-electron chi connectivity index (χ0n) is 13.1. The molecule has 24 heavy (non-hydrogen) atoms. The van der Waals surface area contributed by atoms with E-state index in [2.05, 4.69) is 15.3 Å². The summed E-state index contributed by atoms with van der Waals surface area (Å²) in [5.74, 6) is 0.605. The number of urea groups is 1. The molecule has 4 rings (SSSR count). The number of carbonyl (C=O) groups excluding carboxylic acids is 1. The van der Waals surface area contributed by atoms with Crippen LogP contribution in [-0.4, -0.2) is 40.6 Å². The molecule has 7 nitrogen and oxygen atoms in total. The lowest BCUT2D eigenvalue weighted by atomic mass is 10.2. The van der Waals surface area contributed by atoms with E-state index in [0.29, 0.717) is 36.9 Å². The van der Waals surface area contributed by atoms with Crippen LogP contribution in [0.3, 0.4) is 0 Å². The van der Waals surface area contributed by atoms with Crippen molar-refractivity contribution in [2.75, 3.05) is 25.0 Å². The molecule has 0 bridgehead atoms. The maximum atomic E-state index is 12.5. The van der Waals surface area contributed by atoms with Gasteiger partial charge in [0.15, 0.2) is 11.5 Å². The number of ether oxygens (including phenoxy) is 1. The molecule has 0 unspecified atom stereocenters. The van der Waals surface area contributed by atoms with Gasteiger partial charge in [-0.3, -0.25) is 0 Å². The van der Waals surface area contributed by atoms with Gasteiger partial charge in [-0.25, -0.2) is 14.8 Å². The van der Waals surface area contributed by atoms with Crippen LogP contribution < -0.4 is 5.32 Å². The Bertz CT molecular complexity index is 861. The first-order valence-electron chi connectivity index (χ1n) is 7.63. The van der Waals surface area contributed by atoms with Gasteiger partial charge in [-0.05, 0) is 12.1 Å². The van der Waals surface area contributed by atoms with E-state index in [9.17, 15) is 4.79 Å². The van der Waals surface area contributed by atoms with Crippen molar-refractivity contribution in [1.82, 2.24) is 14.9 Å². The minimum absolute atomic E-state index is 0.157. The molecule has 1 aromatic carbocycles. The molecule has 1 aliphatic rings. The summed E-state index contributed by atoms with van der Waals surface area (Å²) >= 11 is 1.54. The third-order valence-electron chi connectivity index (χ3n) is 3.83. The summed E-state index contributed by atoms with van der Waals surface area (Å²) in [6.45, 7) is 3.34. The number of hydrogen-bond acceptors (Lipinski definition) is 6. The van der Waals surface area contributed by atoms with Crippen LogP contribution in [0, 0.1) is 6.92 Å². The number of carbonyl (C=O) groups is 1. The SMILES string of the molecule is Cc1nc2ccc(NC(=O)N3CCO[C@@H](c4nccs4)C3)cc2o1. The topological polar surface area (TPSA) is 80.5 Å². The molecule has 2 aromatic heterocycles. The third kappa shape index (κ3) is 2.98. The van der Waals surface area contributed by atoms with Crippen molar-refractivity contribution < 1.29 is 13.9 Å². The van der Waals surface area contributed by atoms with E-state index in [0.717, 1.165) is 10.5 Å². The van der Waals surface area contributed by atoms with E-state index < -0.39 is 0 Å². The van der Waals surface area contributed by atoms with Gasteiger partial charge in [0.1, 0.15) is 16.6 Å². The number of benzene rings is 1. The Balaban J connectivity index is 1.46. The number of hydrogen-bond donors (Lipinski definition) is 1. The summed E-state index contributed by atoms with van der Waals surface area (Å²) in [7, 11) is 0. The molecule has 0 saturated carbocycles. The van der Waals surface area contributed by atoms with Gasteiger partial charge < -0.3 is 19.4 Å². The van der Waals surface area contributed by atoms with E-state index in [1.807, 2.05) is 17.5 Å². The molecule has 0 radical (unpaired) electrons. The minimum atomic E-state index is -0.163. The highest BCUT2D eigenvalue weighted by atomic mass is 32.1. The highest BCUT2D eigenvalue weighted by Crippen LogP contribution is 2.25. The van der Waals surface area contributed by atoms with Crippen molar-refractivity contribution in [2.45, 2.75) is 13.0 Å². The lowest BCUT2D eigenvalue weighted by Gasteiger charge is -2.32. The molecule has 0 aliphatic carbocycles. The average Bonchev–Trinajstić information content (AvgIpc) is 3.23. The number of aromatic nitrogens is 2. The Kier molecular flexibility index (Phi) is 3.91. The predicted octanol–water partition coefficient (Wildman–Crippen LogP) is 3.20. The van der Waals surface area contributed by atoms with Crippen molar-refractivity contribution >= 4 is 34.2 Å². The molecular formula is C16H16N4O3S. The van der Waals surface area contributed by atoms with E-state index in [4.69, 9.17) is 9.15 Å². The van der Waals surface area contributed by atoms with E-state index >= 15 is 0 Å². The quantitative estimate of drug-likeness (QED) is 0.772. The van der Waals surface area contributed by atoms with Crippen LogP contribution in [-0.2, 0) is 4.74 Å².